The third kappa shape index (κ3) is 2.38. The van der Waals surface area contributed by atoms with Crippen molar-refractivity contribution in [2.45, 2.75) is 19.4 Å². The van der Waals surface area contributed by atoms with E-state index >= 15 is 0 Å². The van der Waals surface area contributed by atoms with E-state index in [2.05, 4.69) is 50.8 Å². The van der Waals surface area contributed by atoms with E-state index in [1.54, 1.807) is 0 Å². The van der Waals surface area contributed by atoms with Crippen molar-refractivity contribution >= 4 is 21.7 Å². The highest BCUT2D eigenvalue weighted by Crippen LogP contribution is 2.25. The zero-order valence-corrected chi connectivity index (χ0v) is 11.4. The molecule has 1 aromatic rings. The number of hydrogen-bond acceptors (Lipinski definition) is 3. The van der Waals surface area contributed by atoms with Crippen molar-refractivity contribution < 1.29 is 0 Å². The van der Waals surface area contributed by atoms with Gasteiger partial charge in [0.1, 0.15) is 5.82 Å². The molecule has 1 aromatic heterocycles. The molecule has 0 bridgehead atoms. The lowest BCUT2D eigenvalue weighted by molar-refractivity contribution is 0.213. The van der Waals surface area contributed by atoms with Crippen molar-refractivity contribution in [3.8, 4) is 0 Å². The number of nitrogens with zero attached hydrogens (tertiary/aromatic N) is 3. The quantitative estimate of drug-likeness (QED) is 0.831. The van der Waals surface area contributed by atoms with Crippen molar-refractivity contribution in [3.05, 3.63) is 22.8 Å². The number of pyridine rings is 1. The number of halogens is 1. The summed E-state index contributed by atoms with van der Waals surface area (Å²) in [6.07, 6.45) is 3.05. The molecule has 88 valence electrons. The van der Waals surface area contributed by atoms with Crippen LogP contribution in [0.5, 0.6) is 0 Å². The fraction of sp³-hybridized carbons (Fsp3) is 0.583. The summed E-state index contributed by atoms with van der Waals surface area (Å²) in [5, 5.41) is 0. The monoisotopic (exact) mass is 283 g/mol. The summed E-state index contributed by atoms with van der Waals surface area (Å²) < 4.78 is 1.09. The predicted molar refractivity (Wildman–Crippen MR) is 70.9 cm³/mol. The van der Waals surface area contributed by atoms with E-state index in [4.69, 9.17) is 0 Å². The fourth-order valence-electron chi connectivity index (χ4n) is 2.19. The standard InChI is InChI=1S/C12H18BrN3/c1-3-10-9-16(8-7-15(10)2)12-11(13)5-4-6-14-12/h4-6,10H,3,7-9H2,1-2H3. The Bertz CT molecular complexity index is 356. The zero-order valence-electron chi connectivity index (χ0n) is 9.86. The van der Waals surface area contributed by atoms with Gasteiger partial charge in [-0.05, 0) is 41.5 Å². The lowest BCUT2D eigenvalue weighted by atomic mass is 10.1. The molecular formula is C12H18BrN3. The Hall–Kier alpha value is -0.610. The van der Waals surface area contributed by atoms with Crippen LogP contribution in [-0.4, -0.2) is 42.6 Å². The summed E-state index contributed by atoms with van der Waals surface area (Å²) in [7, 11) is 2.21. The summed E-state index contributed by atoms with van der Waals surface area (Å²) >= 11 is 3.57. The van der Waals surface area contributed by atoms with Gasteiger partial charge >= 0.3 is 0 Å². The van der Waals surface area contributed by atoms with Gasteiger partial charge in [-0.1, -0.05) is 6.92 Å². The van der Waals surface area contributed by atoms with Crippen molar-refractivity contribution in [3.63, 3.8) is 0 Å². The van der Waals surface area contributed by atoms with Gasteiger partial charge in [-0.2, -0.15) is 0 Å². The number of likely N-dealkylation sites (N-methyl/N-ethyl adjacent to an activating group) is 1. The molecule has 1 aliphatic rings. The molecule has 2 heterocycles. The normalized spacial score (nSPS) is 22.4. The van der Waals surface area contributed by atoms with Crippen LogP contribution in [0.3, 0.4) is 0 Å². The van der Waals surface area contributed by atoms with Crippen LogP contribution in [0, 0.1) is 0 Å². The minimum atomic E-state index is 0.641. The third-order valence-corrected chi connectivity index (χ3v) is 3.91. The molecule has 1 unspecified atom stereocenters. The third-order valence-electron chi connectivity index (χ3n) is 3.29. The highest BCUT2D eigenvalue weighted by molar-refractivity contribution is 9.10. The van der Waals surface area contributed by atoms with Crippen molar-refractivity contribution in [1.82, 2.24) is 9.88 Å². The number of piperazine rings is 1. The van der Waals surface area contributed by atoms with E-state index in [0.717, 1.165) is 29.9 Å². The second kappa shape index (κ2) is 5.15. The maximum Gasteiger partial charge on any atom is 0.142 e. The van der Waals surface area contributed by atoms with Gasteiger partial charge in [-0.25, -0.2) is 4.98 Å². The van der Waals surface area contributed by atoms with Crippen molar-refractivity contribution in [2.24, 2.45) is 0 Å². The van der Waals surface area contributed by atoms with Crippen LogP contribution in [-0.2, 0) is 0 Å². The summed E-state index contributed by atoms with van der Waals surface area (Å²) in [5.74, 6) is 1.08. The van der Waals surface area contributed by atoms with E-state index in [0.29, 0.717) is 6.04 Å². The highest BCUT2D eigenvalue weighted by atomic mass is 79.9. The second-order valence-electron chi connectivity index (χ2n) is 4.30. The SMILES string of the molecule is CCC1CN(c2ncccc2Br)CCN1C. The Morgan fingerprint density at radius 2 is 2.31 bits per heavy atom. The van der Waals surface area contributed by atoms with Crippen molar-refractivity contribution in [2.75, 3.05) is 31.6 Å². The molecule has 2 rings (SSSR count). The average Bonchev–Trinajstić information content (AvgIpc) is 2.31. The molecule has 0 saturated carbocycles. The van der Waals surface area contributed by atoms with Gasteiger partial charge in [0.2, 0.25) is 0 Å². The summed E-state index contributed by atoms with van der Waals surface area (Å²) in [5.41, 5.74) is 0. The maximum absolute atomic E-state index is 4.46. The maximum atomic E-state index is 4.46. The van der Waals surface area contributed by atoms with Gasteiger partial charge in [0.05, 0.1) is 4.47 Å². The van der Waals surface area contributed by atoms with Gasteiger partial charge in [0.25, 0.3) is 0 Å². The van der Waals surface area contributed by atoms with E-state index in [9.17, 15) is 0 Å². The van der Waals surface area contributed by atoms with E-state index in [1.165, 1.54) is 6.42 Å². The Morgan fingerprint density at radius 3 is 3.00 bits per heavy atom. The largest absolute Gasteiger partial charge is 0.353 e. The van der Waals surface area contributed by atoms with Crippen molar-refractivity contribution in [1.29, 1.82) is 0 Å². The minimum absolute atomic E-state index is 0.641. The smallest absolute Gasteiger partial charge is 0.142 e. The molecule has 0 radical (unpaired) electrons. The molecule has 1 atom stereocenters. The number of anilines is 1. The zero-order chi connectivity index (χ0) is 11.5. The molecule has 1 fully saturated rings. The highest BCUT2D eigenvalue weighted by Gasteiger charge is 2.24. The molecule has 3 nitrogen and oxygen atoms in total. The van der Waals surface area contributed by atoms with E-state index in [-0.39, 0.29) is 0 Å². The Morgan fingerprint density at radius 1 is 1.50 bits per heavy atom. The summed E-state index contributed by atoms with van der Waals surface area (Å²) in [4.78, 5) is 9.27. The first-order valence-electron chi connectivity index (χ1n) is 5.78. The van der Waals surface area contributed by atoms with Crippen LogP contribution in [0.25, 0.3) is 0 Å². The Balaban J connectivity index is 2.14. The van der Waals surface area contributed by atoms with Crippen LogP contribution in [0.1, 0.15) is 13.3 Å². The Kier molecular flexibility index (Phi) is 3.82. The van der Waals surface area contributed by atoms with Gasteiger partial charge in [-0.3, -0.25) is 4.90 Å². The molecular weight excluding hydrogens is 266 g/mol. The molecule has 4 heteroatoms. The molecule has 1 aliphatic heterocycles. The summed E-state index contributed by atoms with van der Waals surface area (Å²) in [6.45, 7) is 5.49. The first-order chi connectivity index (χ1) is 7.72. The second-order valence-corrected chi connectivity index (χ2v) is 5.15. The lowest BCUT2D eigenvalue weighted by Gasteiger charge is -2.40. The van der Waals surface area contributed by atoms with Crippen LogP contribution in [0.15, 0.2) is 22.8 Å². The topological polar surface area (TPSA) is 19.4 Å². The number of aromatic nitrogens is 1. The molecule has 0 aliphatic carbocycles. The molecule has 0 N–H and O–H groups in total. The Labute approximate surface area is 106 Å². The lowest BCUT2D eigenvalue weighted by Crippen LogP contribution is -2.51. The predicted octanol–water partition coefficient (Wildman–Crippen LogP) is 2.37. The number of rotatable bonds is 2. The van der Waals surface area contributed by atoms with Crippen LogP contribution in [0.4, 0.5) is 5.82 Å². The van der Waals surface area contributed by atoms with Gasteiger partial charge in [0, 0.05) is 31.9 Å². The van der Waals surface area contributed by atoms with E-state index < -0.39 is 0 Å². The van der Waals surface area contributed by atoms with E-state index in [1.807, 2.05) is 12.3 Å². The van der Waals surface area contributed by atoms with Gasteiger partial charge in [-0.15, -0.1) is 0 Å². The number of hydrogen-bond donors (Lipinski definition) is 0. The minimum Gasteiger partial charge on any atom is -0.353 e. The summed E-state index contributed by atoms with van der Waals surface area (Å²) in [6, 6.07) is 4.66. The van der Waals surface area contributed by atoms with Crippen LogP contribution < -0.4 is 4.90 Å². The molecule has 0 spiro atoms. The van der Waals surface area contributed by atoms with Gasteiger partial charge < -0.3 is 4.90 Å². The first-order valence-corrected chi connectivity index (χ1v) is 6.57. The van der Waals surface area contributed by atoms with Gasteiger partial charge in [0.15, 0.2) is 0 Å². The fourth-order valence-corrected chi connectivity index (χ4v) is 2.70. The molecule has 0 aromatic carbocycles. The molecule has 1 saturated heterocycles. The first kappa shape index (κ1) is 11.9. The molecule has 0 amide bonds. The van der Waals surface area contributed by atoms with Crippen LogP contribution in [0.2, 0.25) is 0 Å². The average molecular weight is 284 g/mol. The van der Waals surface area contributed by atoms with Crippen LogP contribution >= 0.6 is 15.9 Å². The molecule has 16 heavy (non-hydrogen) atoms.